The lowest BCUT2D eigenvalue weighted by molar-refractivity contribution is 0.867. The molecule has 0 atom stereocenters. The van der Waals surface area contributed by atoms with Crippen molar-refractivity contribution in [3.05, 3.63) is 64.7 Å². The van der Waals surface area contributed by atoms with Crippen molar-refractivity contribution in [2.75, 3.05) is 31.6 Å². The third-order valence-corrected chi connectivity index (χ3v) is 4.64. The number of aliphatic imine (C=N–C) groups is 2. The van der Waals surface area contributed by atoms with Gasteiger partial charge in [0.05, 0.1) is 18.8 Å². The summed E-state index contributed by atoms with van der Waals surface area (Å²) in [6.07, 6.45) is 0. The third-order valence-electron chi connectivity index (χ3n) is 4.23. The van der Waals surface area contributed by atoms with E-state index in [0.29, 0.717) is 0 Å². The second kappa shape index (κ2) is 10.4. The van der Waals surface area contributed by atoms with Crippen LogP contribution in [0.5, 0.6) is 0 Å². The Bertz CT molecular complexity index is 821. The summed E-state index contributed by atoms with van der Waals surface area (Å²) in [5.41, 5.74) is 9.32. The number of guanidine groups is 2. The highest BCUT2D eigenvalue weighted by atomic mass is 35.5. The lowest BCUT2D eigenvalue weighted by Crippen LogP contribution is -2.37. The van der Waals surface area contributed by atoms with Gasteiger partial charge in [0.1, 0.15) is 0 Å². The zero-order valence-corrected chi connectivity index (χ0v) is 16.7. The number of nitrogens with one attached hydrogen (secondary N) is 5. The molecule has 0 amide bonds. The molecule has 2 aromatic rings. The van der Waals surface area contributed by atoms with Crippen LogP contribution in [0, 0.1) is 6.92 Å². The highest BCUT2D eigenvalue weighted by molar-refractivity contribution is 6.31. The van der Waals surface area contributed by atoms with Crippen molar-refractivity contribution >= 4 is 29.2 Å². The van der Waals surface area contributed by atoms with Crippen molar-refractivity contribution in [2.45, 2.75) is 13.5 Å². The van der Waals surface area contributed by atoms with E-state index in [2.05, 4.69) is 48.9 Å². The van der Waals surface area contributed by atoms with E-state index in [1.807, 2.05) is 43.3 Å². The SMILES string of the molecule is Cc1c(Cl)cccc1NNC1=NCCN1.c1ccc(CNC2=NCCN2)cc1. The number of nitrogens with zero attached hydrogens (tertiary/aromatic N) is 2. The minimum absolute atomic E-state index is 0.753. The lowest BCUT2D eigenvalue weighted by atomic mass is 10.2. The molecule has 0 aromatic heterocycles. The van der Waals surface area contributed by atoms with Crippen LogP contribution in [0.3, 0.4) is 0 Å². The van der Waals surface area contributed by atoms with Crippen LogP contribution in [0.25, 0.3) is 0 Å². The van der Waals surface area contributed by atoms with Crippen LogP contribution in [0.2, 0.25) is 5.02 Å². The Morgan fingerprint density at radius 3 is 2.29 bits per heavy atom. The number of halogens is 1. The van der Waals surface area contributed by atoms with Gasteiger partial charge >= 0.3 is 0 Å². The highest BCUT2D eigenvalue weighted by Gasteiger charge is 2.05. The molecule has 0 aliphatic carbocycles. The molecule has 7 nitrogen and oxygen atoms in total. The highest BCUT2D eigenvalue weighted by Crippen LogP contribution is 2.22. The smallest absolute Gasteiger partial charge is 0.210 e. The van der Waals surface area contributed by atoms with Gasteiger partial charge in [-0.2, -0.15) is 0 Å². The zero-order valence-electron chi connectivity index (χ0n) is 15.9. The average molecular weight is 400 g/mol. The Balaban J connectivity index is 0.000000162. The van der Waals surface area contributed by atoms with Gasteiger partial charge in [0.2, 0.25) is 5.96 Å². The normalized spacial score (nSPS) is 14.6. The van der Waals surface area contributed by atoms with E-state index >= 15 is 0 Å². The molecule has 2 aliphatic rings. The molecule has 2 aromatic carbocycles. The predicted molar refractivity (Wildman–Crippen MR) is 117 cm³/mol. The van der Waals surface area contributed by atoms with Gasteiger partial charge < -0.3 is 16.0 Å². The van der Waals surface area contributed by atoms with E-state index in [9.17, 15) is 0 Å². The third kappa shape index (κ3) is 6.06. The maximum absolute atomic E-state index is 6.00. The zero-order chi connectivity index (χ0) is 19.6. The number of anilines is 1. The fourth-order valence-corrected chi connectivity index (χ4v) is 2.82. The van der Waals surface area contributed by atoms with Gasteiger partial charge in [-0.1, -0.05) is 48.0 Å². The van der Waals surface area contributed by atoms with E-state index in [1.165, 1.54) is 5.56 Å². The second-order valence-corrected chi connectivity index (χ2v) is 6.72. The van der Waals surface area contributed by atoms with Crippen molar-refractivity contribution in [3.8, 4) is 0 Å². The number of hydrogen-bond donors (Lipinski definition) is 5. The Morgan fingerprint density at radius 1 is 0.893 bits per heavy atom. The van der Waals surface area contributed by atoms with Crippen LogP contribution in [0.4, 0.5) is 5.69 Å². The molecule has 148 valence electrons. The molecule has 0 fully saturated rings. The summed E-state index contributed by atoms with van der Waals surface area (Å²) >= 11 is 6.00. The molecule has 0 saturated carbocycles. The van der Waals surface area contributed by atoms with Gasteiger partial charge in [-0.3, -0.25) is 20.8 Å². The monoisotopic (exact) mass is 399 g/mol. The largest absolute Gasteiger partial charge is 0.355 e. The summed E-state index contributed by atoms with van der Waals surface area (Å²) in [6.45, 7) is 6.36. The quantitative estimate of drug-likeness (QED) is 0.509. The van der Waals surface area contributed by atoms with Crippen LogP contribution < -0.4 is 26.8 Å². The van der Waals surface area contributed by atoms with E-state index in [4.69, 9.17) is 11.6 Å². The van der Waals surface area contributed by atoms with Crippen LogP contribution in [-0.4, -0.2) is 38.1 Å². The minimum Gasteiger partial charge on any atom is -0.355 e. The van der Waals surface area contributed by atoms with Gasteiger partial charge in [0.25, 0.3) is 0 Å². The maximum atomic E-state index is 6.00. The summed E-state index contributed by atoms with van der Waals surface area (Å²) in [5.74, 6) is 1.69. The lowest BCUT2D eigenvalue weighted by Gasteiger charge is -2.12. The number of hydrogen-bond acceptors (Lipinski definition) is 7. The van der Waals surface area contributed by atoms with Crippen molar-refractivity contribution < 1.29 is 0 Å². The van der Waals surface area contributed by atoms with Crippen LogP contribution in [0.15, 0.2) is 58.5 Å². The Labute approximate surface area is 170 Å². The Morgan fingerprint density at radius 2 is 1.61 bits per heavy atom. The first-order valence-electron chi connectivity index (χ1n) is 9.34. The van der Waals surface area contributed by atoms with Gasteiger partial charge in [-0.15, -0.1) is 0 Å². The molecule has 0 radical (unpaired) electrons. The number of rotatable bonds is 4. The number of hydrazine groups is 1. The fraction of sp³-hybridized carbons (Fsp3) is 0.300. The summed E-state index contributed by atoms with van der Waals surface area (Å²) in [5, 5.41) is 10.3. The number of benzene rings is 2. The molecule has 5 N–H and O–H groups in total. The van der Waals surface area contributed by atoms with Gasteiger partial charge in [-0.05, 0) is 30.2 Å². The van der Waals surface area contributed by atoms with Crippen LogP contribution in [0.1, 0.15) is 11.1 Å². The van der Waals surface area contributed by atoms with E-state index < -0.39 is 0 Å². The second-order valence-electron chi connectivity index (χ2n) is 6.32. The topological polar surface area (TPSA) is 84.9 Å². The van der Waals surface area contributed by atoms with E-state index in [-0.39, 0.29) is 0 Å². The van der Waals surface area contributed by atoms with Crippen LogP contribution in [-0.2, 0) is 6.54 Å². The average Bonchev–Trinajstić information content (AvgIpc) is 3.43. The van der Waals surface area contributed by atoms with Crippen LogP contribution >= 0.6 is 11.6 Å². The first-order chi connectivity index (χ1) is 13.7. The summed E-state index contributed by atoms with van der Waals surface area (Å²) in [4.78, 5) is 8.45. The molecular weight excluding hydrogens is 374 g/mol. The summed E-state index contributed by atoms with van der Waals surface area (Å²) in [6, 6.07) is 16.0. The first kappa shape index (κ1) is 19.8. The first-order valence-corrected chi connectivity index (χ1v) is 9.72. The summed E-state index contributed by atoms with van der Waals surface area (Å²) < 4.78 is 0. The molecule has 4 rings (SSSR count). The van der Waals surface area contributed by atoms with Gasteiger partial charge in [0.15, 0.2) is 5.96 Å². The Hall–Kier alpha value is -2.93. The van der Waals surface area contributed by atoms with Gasteiger partial charge in [-0.25, -0.2) is 0 Å². The molecule has 0 spiro atoms. The van der Waals surface area contributed by atoms with Crippen molar-refractivity contribution in [2.24, 2.45) is 9.98 Å². The standard InChI is InChI=1S/C10H13ClN4.C10H13N3/c1-7-8(11)3-2-4-9(7)14-15-10-12-5-6-13-10;1-2-4-9(5-3-1)8-13-10-11-6-7-12-10/h2-4,14H,5-6H2,1H3,(H2,12,13,15);1-5H,6-8H2,(H2,11,12,13). The molecular formula is C20H26ClN7. The molecule has 0 unspecified atom stereocenters. The van der Waals surface area contributed by atoms with Crippen molar-refractivity contribution in [1.29, 1.82) is 0 Å². The van der Waals surface area contributed by atoms with E-state index in [0.717, 1.165) is 60.9 Å². The molecule has 0 saturated heterocycles. The maximum Gasteiger partial charge on any atom is 0.210 e. The fourth-order valence-electron chi connectivity index (χ4n) is 2.65. The molecule has 2 aliphatic heterocycles. The van der Waals surface area contributed by atoms with E-state index in [1.54, 1.807) is 0 Å². The predicted octanol–water partition coefficient (Wildman–Crippen LogP) is 2.26. The van der Waals surface area contributed by atoms with Gasteiger partial charge in [0, 0.05) is 24.7 Å². The molecule has 0 bridgehead atoms. The van der Waals surface area contributed by atoms with Crippen molar-refractivity contribution in [3.63, 3.8) is 0 Å². The minimum atomic E-state index is 0.753. The van der Waals surface area contributed by atoms with Crippen molar-refractivity contribution in [1.82, 2.24) is 21.4 Å². The molecule has 2 heterocycles. The summed E-state index contributed by atoms with van der Waals surface area (Å²) in [7, 11) is 0. The molecule has 8 heteroatoms. The molecule has 28 heavy (non-hydrogen) atoms. The Kier molecular flexibility index (Phi) is 7.37.